The van der Waals surface area contributed by atoms with Crippen LogP contribution < -0.4 is 4.74 Å². The van der Waals surface area contributed by atoms with E-state index < -0.39 is 4.92 Å². The molecule has 0 radical (unpaired) electrons. The quantitative estimate of drug-likeness (QED) is 0.316. The van der Waals surface area contributed by atoms with Gasteiger partial charge in [0.15, 0.2) is 0 Å². The third-order valence-electron chi connectivity index (χ3n) is 2.54. The molecular formula is C14H27N3O7. The van der Waals surface area contributed by atoms with Crippen LogP contribution in [-0.2, 0) is 20.8 Å². The van der Waals surface area contributed by atoms with Gasteiger partial charge in [0.1, 0.15) is 6.20 Å². The van der Waals surface area contributed by atoms with E-state index in [1.165, 1.54) is 18.0 Å². The lowest BCUT2D eigenvalue weighted by Crippen LogP contribution is -2.13. The summed E-state index contributed by atoms with van der Waals surface area (Å²) in [5.74, 6) is -0.0174. The second-order valence-corrected chi connectivity index (χ2v) is 4.10. The van der Waals surface area contributed by atoms with Crippen LogP contribution >= 0.6 is 0 Å². The summed E-state index contributed by atoms with van der Waals surface area (Å²) in [5, 5.41) is 23.2. The Balaban J connectivity index is 0.00000254. The van der Waals surface area contributed by atoms with Crippen LogP contribution in [0.3, 0.4) is 0 Å². The molecule has 24 heavy (non-hydrogen) atoms. The Kier molecular flexibility index (Phi) is 13.7. The van der Waals surface area contributed by atoms with Crippen molar-refractivity contribution >= 4 is 5.69 Å². The van der Waals surface area contributed by atoms with Gasteiger partial charge in [-0.1, -0.05) is 13.8 Å². The van der Waals surface area contributed by atoms with E-state index in [0.29, 0.717) is 46.2 Å². The fourth-order valence-corrected chi connectivity index (χ4v) is 1.54. The summed E-state index contributed by atoms with van der Waals surface area (Å²) in [4.78, 5) is 10.2. The number of aliphatic hydroxyl groups is 1. The predicted octanol–water partition coefficient (Wildman–Crippen LogP) is 0.868. The molecule has 10 nitrogen and oxygen atoms in total. The zero-order valence-corrected chi connectivity index (χ0v) is 14.5. The molecular weight excluding hydrogens is 322 g/mol. The first-order valence-corrected chi connectivity index (χ1v) is 7.79. The molecule has 140 valence electrons. The molecule has 0 saturated heterocycles. The Morgan fingerprint density at radius 1 is 1.12 bits per heavy atom. The molecule has 0 aliphatic heterocycles. The lowest BCUT2D eigenvalue weighted by Gasteiger charge is -2.06. The van der Waals surface area contributed by atoms with E-state index in [2.05, 4.69) is 5.10 Å². The number of rotatable bonds is 13. The van der Waals surface area contributed by atoms with Crippen LogP contribution in [0.15, 0.2) is 6.20 Å². The van der Waals surface area contributed by atoms with Crippen molar-refractivity contribution in [2.24, 2.45) is 0 Å². The number of aliphatic hydroxyl groups excluding tert-OH is 1. The fourth-order valence-electron chi connectivity index (χ4n) is 1.54. The van der Waals surface area contributed by atoms with E-state index in [-0.39, 0.29) is 18.2 Å². The van der Waals surface area contributed by atoms with Crippen molar-refractivity contribution in [2.45, 2.75) is 20.4 Å². The molecule has 0 amide bonds. The number of hydrogen-bond acceptors (Lipinski definition) is 8. The van der Waals surface area contributed by atoms with Gasteiger partial charge in [-0.25, -0.2) is 0 Å². The molecule has 0 fully saturated rings. The Morgan fingerprint density at radius 3 is 2.12 bits per heavy atom. The molecule has 10 heteroatoms. The minimum atomic E-state index is -0.546. The monoisotopic (exact) mass is 349 g/mol. The molecule has 0 atom stereocenters. The highest BCUT2D eigenvalue weighted by Crippen LogP contribution is 2.23. The Hall–Kier alpha value is -1.75. The summed E-state index contributed by atoms with van der Waals surface area (Å²) in [5.41, 5.74) is -0.172. The smallest absolute Gasteiger partial charge is 0.350 e. The van der Waals surface area contributed by atoms with E-state index in [1.807, 2.05) is 13.8 Å². The van der Waals surface area contributed by atoms with Crippen LogP contribution in [0.1, 0.15) is 13.8 Å². The minimum absolute atomic E-state index is 0.000509. The topological polar surface area (TPSA) is 118 Å². The lowest BCUT2D eigenvalue weighted by molar-refractivity contribution is -0.385. The van der Waals surface area contributed by atoms with Crippen molar-refractivity contribution in [3.8, 4) is 5.88 Å². The molecule has 0 spiro atoms. The van der Waals surface area contributed by atoms with Crippen LogP contribution in [0.5, 0.6) is 5.88 Å². The van der Waals surface area contributed by atoms with E-state index in [0.717, 1.165) is 0 Å². The molecule has 0 aromatic carbocycles. The van der Waals surface area contributed by atoms with Crippen molar-refractivity contribution in [1.29, 1.82) is 0 Å². The van der Waals surface area contributed by atoms with Gasteiger partial charge < -0.3 is 24.1 Å². The fraction of sp³-hybridized carbons (Fsp3) is 0.786. The Bertz CT molecular complexity index is 440. The largest absolute Gasteiger partial charge is 0.475 e. The highest BCUT2D eigenvalue weighted by Gasteiger charge is 2.19. The normalized spacial score (nSPS) is 10.2. The molecule has 0 bridgehead atoms. The maximum absolute atomic E-state index is 10.7. The number of hydrogen-bond donors (Lipinski definition) is 1. The number of ether oxygens (including phenoxy) is 4. The van der Waals surface area contributed by atoms with Crippen LogP contribution in [0.4, 0.5) is 5.69 Å². The van der Waals surface area contributed by atoms with Crippen molar-refractivity contribution in [1.82, 2.24) is 9.78 Å². The van der Waals surface area contributed by atoms with Gasteiger partial charge in [0.2, 0.25) is 0 Å². The van der Waals surface area contributed by atoms with Crippen molar-refractivity contribution in [3.05, 3.63) is 16.3 Å². The molecule has 0 aliphatic rings. The molecule has 1 heterocycles. The molecule has 0 saturated carbocycles. The van der Waals surface area contributed by atoms with Crippen LogP contribution in [0.25, 0.3) is 0 Å². The van der Waals surface area contributed by atoms with Gasteiger partial charge in [-0.05, 0) is 0 Å². The standard InChI is InChI=1S/C12H21N3O7.C2H6/c1-19-12-11(15(17)18)10-14(13-12)2-4-20-6-8-22-9-7-21-5-3-16;1-2/h10,16H,2-9H2,1H3;1-2H3. The molecule has 1 rings (SSSR count). The number of nitrogens with zero attached hydrogens (tertiary/aromatic N) is 3. The maximum Gasteiger partial charge on any atom is 0.350 e. The van der Waals surface area contributed by atoms with Gasteiger partial charge in [-0.2, -0.15) is 0 Å². The summed E-state index contributed by atoms with van der Waals surface area (Å²) in [7, 11) is 1.33. The van der Waals surface area contributed by atoms with Crippen molar-refractivity contribution in [3.63, 3.8) is 0 Å². The van der Waals surface area contributed by atoms with Gasteiger partial charge >= 0.3 is 11.6 Å². The highest BCUT2D eigenvalue weighted by atomic mass is 16.6. The van der Waals surface area contributed by atoms with Gasteiger partial charge in [0, 0.05) is 0 Å². The first kappa shape index (κ1) is 22.2. The van der Waals surface area contributed by atoms with Crippen molar-refractivity contribution in [2.75, 3.05) is 53.4 Å². The molecule has 0 aliphatic carbocycles. The van der Waals surface area contributed by atoms with Crippen molar-refractivity contribution < 1.29 is 29.0 Å². The van der Waals surface area contributed by atoms with E-state index in [9.17, 15) is 10.1 Å². The SMILES string of the molecule is CC.COc1nn(CCOCCOCCOCCO)cc1[N+](=O)[O-]. The van der Waals surface area contributed by atoms with Crippen LogP contribution in [-0.4, -0.2) is 73.2 Å². The second-order valence-electron chi connectivity index (χ2n) is 4.10. The predicted molar refractivity (Wildman–Crippen MR) is 86.3 cm³/mol. The van der Waals surface area contributed by atoms with Gasteiger partial charge in [-0.3, -0.25) is 14.8 Å². The van der Waals surface area contributed by atoms with Gasteiger partial charge in [-0.15, -0.1) is 5.10 Å². The number of aromatic nitrogens is 2. The molecule has 1 N–H and O–H groups in total. The summed E-state index contributed by atoms with van der Waals surface area (Å²) >= 11 is 0. The van der Waals surface area contributed by atoms with Gasteiger partial charge in [0.05, 0.1) is 64.8 Å². The zero-order chi connectivity index (χ0) is 18.2. The first-order chi connectivity index (χ1) is 11.7. The number of methoxy groups -OCH3 is 1. The lowest BCUT2D eigenvalue weighted by atomic mass is 10.5. The second kappa shape index (κ2) is 14.8. The summed E-state index contributed by atoms with van der Waals surface area (Å²) in [6.07, 6.45) is 1.30. The summed E-state index contributed by atoms with van der Waals surface area (Å²) in [6, 6.07) is 0. The summed E-state index contributed by atoms with van der Waals surface area (Å²) < 4.78 is 21.8. The zero-order valence-electron chi connectivity index (χ0n) is 14.5. The number of nitro groups is 1. The third kappa shape index (κ3) is 9.40. The van der Waals surface area contributed by atoms with Crippen LogP contribution in [0.2, 0.25) is 0 Å². The van der Waals surface area contributed by atoms with Crippen LogP contribution in [0, 0.1) is 10.1 Å². The maximum atomic E-state index is 10.7. The summed E-state index contributed by atoms with van der Waals surface area (Å²) in [6.45, 7) is 6.73. The minimum Gasteiger partial charge on any atom is -0.475 e. The average Bonchev–Trinajstić information content (AvgIpc) is 3.02. The van der Waals surface area contributed by atoms with E-state index in [4.69, 9.17) is 24.1 Å². The molecule has 1 aromatic heterocycles. The molecule has 0 unspecified atom stereocenters. The van der Waals surface area contributed by atoms with Gasteiger partial charge in [0.25, 0.3) is 0 Å². The highest BCUT2D eigenvalue weighted by molar-refractivity contribution is 5.38. The Morgan fingerprint density at radius 2 is 1.67 bits per heavy atom. The third-order valence-corrected chi connectivity index (χ3v) is 2.54. The van der Waals surface area contributed by atoms with E-state index >= 15 is 0 Å². The first-order valence-electron chi connectivity index (χ1n) is 7.79. The van der Waals surface area contributed by atoms with E-state index in [1.54, 1.807) is 0 Å². The molecule has 1 aromatic rings. The Labute approximate surface area is 141 Å². The average molecular weight is 349 g/mol.